The van der Waals surface area contributed by atoms with Crippen molar-refractivity contribution in [2.45, 2.75) is 19.5 Å². The Balaban J connectivity index is 2.11. The van der Waals surface area contributed by atoms with E-state index >= 15 is 0 Å². The Morgan fingerprint density at radius 3 is 2.62 bits per heavy atom. The van der Waals surface area contributed by atoms with Crippen LogP contribution >= 0.6 is 0 Å². The molecular formula is C16H19FN2O2. The first-order valence-corrected chi connectivity index (χ1v) is 6.71. The summed E-state index contributed by atoms with van der Waals surface area (Å²) in [6, 6.07) is 8.33. The van der Waals surface area contributed by atoms with Gasteiger partial charge in [-0.1, -0.05) is 18.2 Å². The number of ether oxygens (including phenoxy) is 2. The van der Waals surface area contributed by atoms with Gasteiger partial charge in [0, 0.05) is 30.4 Å². The third-order valence-corrected chi connectivity index (χ3v) is 3.31. The summed E-state index contributed by atoms with van der Waals surface area (Å²) in [4.78, 5) is 4.28. The van der Waals surface area contributed by atoms with Gasteiger partial charge in [-0.15, -0.1) is 0 Å². The maximum Gasteiger partial charge on any atom is 0.183 e. The highest BCUT2D eigenvalue weighted by Gasteiger charge is 2.14. The highest BCUT2D eigenvalue weighted by atomic mass is 19.1. The monoisotopic (exact) mass is 290 g/mol. The van der Waals surface area contributed by atoms with E-state index < -0.39 is 0 Å². The highest BCUT2D eigenvalue weighted by Crippen LogP contribution is 2.29. The van der Waals surface area contributed by atoms with Gasteiger partial charge in [-0.2, -0.15) is 0 Å². The van der Waals surface area contributed by atoms with Crippen molar-refractivity contribution in [1.82, 2.24) is 10.3 Å². The smallest absolute Gasteiger partial charge is 0.183 e. The topological polar surface area (TPSA) is 43.4 Å². The summed E-state index contributed by atoms with van der Waals surface area (Å²) in [7, 11) is 3.15. The summed E-state index contributed by atoms with van der Waals surface area (Å²) in [6.45, 7) is 2.36. The quantitative estimate of drug-likeness (QED) is 0.888. The number of nitrogens with zero attached hydrogens (tertiary/aromatic N) is 1. The lowest BCUT2D eigenvalue weighted by Crippen LogP contribution is -2.20. The molecule has 1 heterocycles. The van der Waals surface area contributed by atoms with Crippen LogP contribution in [0.3, 0.4) is 0 Å². The van der Waals surface area contributed by atoms with Crippen LogP contribution in [0.2, 0.25) is 0 Å². The fraction of sp³-hybridized carbons (Fsp3) is 0.312. The second-order valence-corrected chi connectivity index (χ2v) is 4.62. The van der Waals surface area contributed by atoms with Gasteiger partial charge in [0.1, 0.15) is 5.82 Å². The molecular weight excluding hydrogens is 271 g/mol. The zero-order valence-corrected chi connectivity index (χ0v) is 12.4. The maximum atomic E-state index is 13.7. The van der Waals surface area contributed by atoms with E-state index in [9.17, 15) is 4.39 Å². The van der Waals surface area contributed by atoms with Crippen molar-refractivity contribution in [1.29, 1.82) is 0 Å². The first-order valence-electron chi connectivity index (χ1n) is 6.71. The van der Waals surface area contributed by atoms with E-state index in [2.05, 4.69) is 10.3 Å². The second kappa shape index (κ2) is 7.04. The molecule has 0 bridgehead atoms. The minimum Gasteiger partial charge on any atom is -0.493 e. The number of nitrogens with one attached hydrogen (secondary N) is 1. The molecule has 1 N–H and O–H groups in total. The summed E-state index contributed by atoms with van der Waals surface area (Å²) in [5, 5.41) is 3.24. The van der Waals surface area contributed by atoms with Gasteiger partial charge < -0.3 is 14.8 Å². The average molecular weight is 290 g/mol. The lowest BCUT2D eigenvalue weighted by Gasteiger charge is -2.16. The molecule has 21 heavy (non-hydrogen) atoms. The summed E-state index contributed by atoms with van der Waals surface area (Å²) in [5.41, 5.74) is 1.35. The van der Waals surface area contributed by atoms with Crippen LogP contribution in [0.25, 0.3) is 0 Å². The first kappa shape index (κ1) is 15.3. The minimum absolute atomic E-state index is 0.135. The fourth-order valence-corrected chi connectivity index (χ4v) is 2.16. The van der Waals surface area contributed by atoms with Crippen molar-refractivity contribution < 1.29 is 13.9 Å². The van der Waals surface area contributed by atoms with E-state index in [4.69, 9.17) is 9.47 Å². The molecule has 4 nitrogen and oxygen atoms in total. The molecule has 0 spiro atoms. The summed E-state index contributed by atoms with van der Waals surface area (Å²) in [6.07, 6.45) is 1.66. The van der Waals surface area contributed by atoms with E-state index in [1.165, 1.54) is 6.07 Å². The molecule has 112 valence electrons. The largest absolute Gasteiger partial charge is 0.493 e. The Kier molecular flexibility index (Phi) is 5.11. The number of pyridine rings is 1. The van der Waals surface area contributed by atoms with Crippen LogP contribution in [0.15, 0.2) is 36.5 Å². The van der Waals surface area contributed by atoms with Gasteiger partial charge in [0.2, 0.25) is 0 Å². The number of methoxy groups -OCH3 is 2. The standard InChI is InChI=1S/C16H19FN2O2/c1-11(12-6-4-5-7-13(12)17)19-10-14-16(21-3)15(20-2)8-9-18-14/h4-9,11,19H,10H2,1-3H3/t11-/m1/s1. The molecule has 2 aromatic rings. The summed E-state index contributed by atoms with van der Waals surface area (Å²) in [5.74, 6) is 0.999. The summed E-state index contributed by atoms with van der Waals surface area (Å²) >= 11 is 0. The van der Waals surface area contributed by atoms with E-state index in [0.29, 0.717) is 23.6 Å². The Bertz CT molecular complexity index is 605. The Morgan fingerprint density at radius 2 is 1.95 bits per heavy atom. The molecule has 0 aliphatic carbocycles. The van der Waals surface area contributed by atoms with Gasteiger partial charge in [0.15, 0.2) is 11.5 Å². The molecule has 1 aromatic heterocycles. The second-order valence-electron chi connectivity index (χ2n) is 4.62. The molecule has 0 amide bonds. The van der Waals surface area contributed by atoms with Gasteiger partial charge in [0.25, 0.3) is 0 Å². The zero-order chi connectivity index (χ0) is 15.2. The van der Waals surface area contributed by atoms with E-state index in [1.807, 2.05) is 13.0 Å². The van der Waals surface area contributed by atoms with Crippen LogP contribution in [0.4, 0.5) is 4.39 Å². The predicted octanol–water partition coefficient (Wildman–Crippen LogP) is 3.09. The molecule has 1 aromatic carbocycles. The predicted molar refractivity (Wildman–Crippen MR) is 79.0 cm³/mol. The number of halogens is 1. The molecule has 0 saturated carbocycles. The molecule has 0 saturated heterocycles. The normalized spacial score (nSPS) is 12.0. The number of rotatable bonds is 6. The van der Waals surface area contributed by atoms with Crippen molar-refractivity contribution in [3.8, 4) is 11.5 Å². The SMILES string of the molecule is COc1ccnc(CN[C@H](C)c2ccccc2F)c1OC. The first-order chi connectivity index (χ1) is 10.2. The Labute approximate surface area is 123 Å². The zero-order valence-electron chi connectivity index (χ0n) is 12.4. The number of aromatic nitrogens is 1. The minimum atomic E-state index is -0.219. The third kappa shape index (κ3) is 3.49. The summed E-state index contributed by atoms with van der Waals surface area (Å²) < 4.78 is 24.3. The molecule has 2 rings (SSSR count). The van der Waals surface area contributed by atoms with Crippen molar-refractivity contribution in [2.75, 3.05) is 14.2 Å². The van der Waals surface area contributed by atoms with Gasteiger partial charge >= 0.3 is 0 Å². The van der Waals surface area contributed by atoms with Crippen LogP contribution in [0.5, 0.6) is 11.5 Å². The average Bonchev–Trinajstić information content (AvgIpc) is 2.52. The lowest BCUT2D eigenvalue weighted by atomic mass is 10.1. The van der Waals surface area contributed by atoms with Gasteiger partial charge in [-0.05, 0) is 13.0 Å². The van der Waals surface area contributed by atoms with E-state index in [-0.39, 0.29) is 11.9 Å². The van der Waals surface area contributed by atoms with Crippen LogP contribution in [-0.4, -0.2) is 19.2 Å². The van der Waals surface area contributed by atoms with Gasteiger partial charge in [0.05, 0.1) is 19.9 Å². The lowest BCUT2D eigenvalue weighted by molar-refractivity contribution is 0.347. The van der Waals surface area contributed by atoms with Crippen molar-refractivity contribution >= 4 is 0 Å². The van der Waals surface area contributed by atoms with Crippen molar-refractivity contribution in [3.05, 3.63) is 53.6 Å². The van der Waals surface area contributed by atoms with Crippen LogP contribution in [-0.2, 0) is 6.54 Å². The fourth-order valence-electron chi connectivity index (χ4n) is 2.16. The van der Waals surface area contributed by atoms with Crippen molar-refractivity contribution in [3.63, 3.8) is 0 Å². The van der Waals surface area contributed by atoms with E-state index in [1.54, 1.807) is 38.6 Å². The number of benzene rings is 1. The van der Waals surface area contributed by atoms with Gasteiger partial charge in [-0.25, -0.2) is 4.39 Å². The number of hydrogen-bond donors (Lipinski definition) is 1. The molecule has 0 fully saturated rings. The highest BCUT2D eigenvalue weighted by molar-refractivity contribution is 5.42. The van der Waals surface area contributed by atoms with Crippen LogP contribution in [0, 0.1) is 5.82 Å². The Morgan fingerprint density at radius 1 is 1.19 bits per heavy atom. The van der Waals surface area contributed by atoms with Gasteiger partial charge in [-0.3, -0.25) is 4.98 Å². The Hall–Kier alpha value is -2.14. The molecule has 0 aliphatic rings. The molecule has 0 radical (unpaired) electrons. The molecule has 1 atom stereocenters. The number of hydrogen-bond acceptors (Lipinski definition) is 4. The van der Waals surface area contributed by atoms with Crippen molar-refractivity contribution in [2.24, 2.45) is 0 Å². The van der Waals surface area contributed by atoms with Crippen LogP contribution < -0.4 is 14.8 Å². The molecule has 0 aliphatic heterocycles. The molecule has 5 heteroatoms. The van der Waals surface area contributed by atoms with E-state index in [0.717, 1.165) is 5.69 Å². The maximum absolute atomic E-state index is 13.7. The van der Waals surface area contributed by atoms with Crippen LogP contribution in [0.1, 0.15) is 24.2 Å². The third-order valence-electron chi connectivity index (χ3n) is 3.31. The molecule has 0 unspecified atom stereocenters.